The topological polar surface area (TPSA) is 25.2 Å². The predicted octanol–water partition coefficient (Wildman–Crippen LogP) is 4.06. The van der Waals surface area contributed by atoms with Gasteiger partial charge in [0.05, 0.1) is 6.04 Å². The molecule has 1 aromatic rings. The van der Waals surface area contributed by atoms with E-state index in [1.54, 1.807) is 0 Å². The minimum Gasteiger partial charge on any atom is -0.465 e. The van der Waals surface area contributed by atoms with Gasteiger partial charge < -0.3 is 9.73 Å². The molecule has 0 amide bonds. The Kier molecular flexibility index (Phi) is 4.60. The summed E-state index contributed by atoms with van der Waals surface area (Å²) in [6.45, 7) is 12.0. The first-order valence-electron chi connectivity index (χ1n) is 6.22. The van der Waals surface area contributed by atoms with Crippen LogP contribution >= 0.6 is 0 Å². The second-order valence-corrected chi connectivity index (χ2v) is 5.66. The van der Waals surface area contributed by atoms with Gasteiger partial charge in [0.15, 0.2) is 0 Å². The quantitative estimate of drug-likeness (QED) is 0.814. The molecule has 1 atom stereocenters. The van der Waals surface area contributed by atoms with Crippen LogP contribution in [0.1, 0.15) is 58.1 Å². The molecule has 0 bridgehead atoms. The van der Waals surface area contributed by atoms with E-state index >= 15 is 0 Å². The van der Waals surface area contributed by atoms with Crippen molar-refractivity contribution in [1.82, 2.24) is 5.32 Å². The fourth-order valence-electron chi connectivity index (χ4n) is 1.81. The molecule has 0 aromatic carbocycles. The van der Waals surface area contributed by atoms with Crippen LogP contribution in [0.3, 0.4) is 0 Å². The van der Waals surface area contributed by atoms with Crippen LogP contribution in [0.15, 0.2) is 16.5 Å². The number of hydrogen-bond acceptors (Lipinski definition) is 2. The summed E-state index contributed by atoms with van der Waals surface area (Å²) in [5.74, 6) is 2.07. The highest BCUT2D eigenvalue weighted by Gasteiger charge is 2.18. The highest BCUT2D eigenvalue weighted by molar-refractivity contribution is 5.09. The van der Waals surface area contributed by atoms with Crippen molar-refractivity contribution in [2.45, 2.75) is 53.5 Å². The molecule has 16 heavy (non-hydrogen) atoms. The zero-order chi connectivity index (χ0) is 12.2. The maximum atomic E-state index is 5.70. The lowest BCUT2D eigenvalue weighted by Crippen LogP contribution is -2.22. The number of nitrogens with one attached hydrogen (secondary N) is 1. The number of hydrogen-bond donors (Lipinski definition) is 1. The van der Waals surface area contributed by atoms with Gasteiger partial charge in [-0.05, 0) is 43.9 Å². The number of furan rings is 1. The van der Waals surface area contributed by atoms with Gasteiger partial charge in [0, 0.05) is 0 Å². The SMILES string of the molecule is CCNC(CCC(C)(C)C)c1ccc(C)o1. The molecule has 1 unspecified atom stereocenters. The van der Waals surface area contributed by atoms with Gasteiger partial charge in [-0.3, -0.25) is 0 Å². The van der Waals surface area contributed by atoms with Crippen molar-refractivity contribution < 1.29 is 4.42 Å². The molecule has 2 nitrogen and oxygen atoms in total. The van der Waals surface area contributed by atoms with Gasteiger partial charge in [0.2, 0.25) is 0 Å². The van der Waals surface area contributed by atoms with E-state index < -0.39 is 0 Å². The van der Waals surface area contributed by atoms with Crippen molar-refractivity contribution in [2.24, 2.45) is 5.41 Å². The standard InChI is InChI=1S/C14H25NO/c1-6-15-12(9-10-14(3,4)5)13-8-7-11(2)16-13/h7-8,12,15H,6,9-10H2,1-5H3. The Morgan fingerprint density at radius 3 is 2.44 bits per heavy atom. The average Bonchev–Trinajstić information content (AvgIpc) is 2.57. The molecule has 1 N–H and O–H groups in total. The van der Waals surface area contributed by atoms with E-state index in [2.05, 4.69) is 39.1 Å². The van der Waals surface area contributed by atoms with E-state index in [4.69, 9.17) is 4.42 Å². The lowest BCUT2D eigenvalue weighted by Gasteiger charge is -2.22. The van der Waals surface area contributed by atoms with Crippen LogP contribution in [-0.4, -0.2) is 6.54 Å². The lowest BCUT2D eigenvalue weighted by atomic mass is 9.88. The van der Waals surface area contributed by atoms with Crippen molar-refractivity contribution in [2.75, 3.05) is 6.54 Å². The Bertz CT molecular complexity index is 309. The highest BCUT2D eigenvalue weighted by atomic mass is 16.3. The molecule has 0 fully saturated rings. The minimum absolute atomic E-state index is 0.359. The first-order chi connectivity index (χ1) is 7.42. The van der Waals surface area contributed by atoms with Gasteiger partial charge in [-0.2, -0.15) is 0 Å². The molecule has 0 aliphatic heterocycles. The van der Waals surface area contributed by atoms with Crippen LogP contribution in [0.25, 0.3) is 0 Å². The van der Waals surface area contributed by atoms with E-state index in [0.717, 1.165) is 24.5 Å². The Labute approximate surface area is 99.4 Å². The molecule has 0 spiro atoms. The van der Waals surface area contributed by atoms with Crippen molar-refractivity contribution in [3.8, 4) is 0 Å². The summed E-state index contributed by atoms with van der Waals surface area (Å²) in [6.07, 6.45) is 2.33. The summed E-state index contributed by atoms with van der Waals surface area (Å²) in [5, 5.41) is 3.49. The third-order valence-corrected chi connectivity index (χ3v) is 2.74. The first-order valence-corrected chi connectivity index (χ1v) is 6.22. The van der Waals surface area contributed by atoms with Gasteiger partial charge in [-0.25, -0.2) is 0 Å². The number of rotatable bonds is 5. The fourth-order valence-corrected chi connectivity index (χ4v) is 1.81. The Morgan fingerprint density at radius 1 is 1.31 bits per heavy atom. The lowest BCUT2D eigenvalue weighted by molar-refractivity contribution is 0.310. The maximum Gasteiger partial charge on any atom is 0.121 e. The van der Waals surface area contributed by atoms with Crippen LogP contribution in [-0.2, 0) is 0 Å². The van der Waals surface area contributed by atoms with Crippen molar-refractivity contribution in [3.63, 3.8) is 0 Å². The minimum atomic E-state index is 0.359. The molecule has 1 rings (SSSR count). The molecule has 1 aromatic heterocycles. The molecule has 92 valence electrons. The van der Waals surface area contributed by atoms with Crippen molar-refractivity contribution >= 4 is 0 Å². The smallest absolute Gasteiger partial charge is 0.121 e. The monoisotopic (exact) mass is 223 g/mol. The van der Waals surface area contributed by atoms with E-state index in [-0.39, 0.29) is 0 Å². The Hall–Kier alpha value is -0.760. The van der Waals surface area contributed by atoms with Crippen LogP contribution < -0.4 is 5.32 Å². The van der Waals surface area contributed by atoms with E-state index in [1.165, 1.54) is 6.42 Å². The van der Waals surface area contributed by atoms with Crippen LogP contribution in [0.2, 0.25) is 0 Å². The van der Waals surface area contributed by atoms with Crippen LogP contribution in [0.5, 0.6) is 0 Å². The molecule has 0 aliphatic rings. The summed E-state index contributed by atoms with van der Waals surface area (Å²) >= 11 is 0. The Morgan fingerprint density at radius 2 is 2.00 bits per heavy atom. The maximum absolute atomic E-state index is 5.70. The van der Waals surface area contributed by atoms with E-state index in [9.17, 15) is 0 Å². The van der Waals surface area contributed by atoms with Gasteiger partial charge >= 0.3 is 0 Å². The molecule has 0 saturated carbocycles. The summed E-state index contributed by atoms with van der Waals surface area (Å²) in [4.78, 5) is 0. The molecule has 1 heterocycles. The first kappa shape index (κ1) is 13.3. The molecule has 0 aliphatic carbocycles. The zero-order valence-corrected chi connectivity index (χ0v) is 11.3. The third-order valence-electron chi connectivity index (χ3n) is 2.74. The van der Waals surface area contributed by atoms with E-state index in [1.807, 2.05) is 13.0 Å². The van der Waals surface area contributed by atoms with E-state index in [0.29, 0.717) is 11.5 Å². The largest absolute Gasteiger partial charge is 0.465 e. The fraction of sp³-hybridized carbons (Fsp3) is 0.714. The summed E-state index contributed by atoms with van der Waals surface area (Å²) in [5.41, 5.74) is 0.384. The second kappa shape index (κ2) is 5.53. The van der Waals surface area contributed by atoms with Gasteiger partial charge in [0.1, 0.15) is 11.5 Å². The predicted molar refractivity (Wildman–Crippen MR) is 68.6 cm³/mol. The normalized spacial score (nSPS) is 14.1. The number of aryl methyl sites for hydroxylation is 1. The van der Waals surface area contributed by atoms with Crippen LogP contribution in [0.4, 0.5) is 0 Å². The van der Waals surface area contributed by atoms with Crippen LogP contribution in [0, 0.1) is 12.3 Å². The molecular weight excluding hydrogens is 198 g/mol. The van der Waals surface area contributed by atoms with Gasteiger partial charge in [-0.15, -0.1) is 0 Å². The molecule has 0 saturated heterocycles. The molecule has 2 heteroatoms. The third kappa shape index (κ3) is 4.40. The van der Waals surface area contributed by atoms with Gasteiger partial charge in [0.25, 0.3) is 0 Å². The Balaban J connectivity index is 2.61. The summed E-state index contributed by atoms with van der Waals surface area (Å²) in [7, 11) is 0. The zero-order valence-electron chi connectivity index (χ0n) is 11.3. The average molecular weight is 223 g/mol. The molecular formula is C14H25NO. The van der Waals surface area contributed by atoms with Gasteiger partial charge in [-0.1, -0.05) is 27.7 Å². The van der Waals surface area contributed by atoms with Crippen molar-refractivity contribution in [3.05, 3.63) is 23.7 Å². The highest BCUT2D eigenvalue weighted by Crippen LogP contribution is 2.28. The van der Waals surface area contributed by atoms with Crippen molar-refractivity contribution in [1.29, 1.82) is 0 Å². The molecule has 0 radical (unpaired) electrons. The second-order valence-electron chi connectivity index (χ2n) is 5.66. The summed E-state index contributed by atoms with van der Waals surface area (Å²) < 4.78 is 5.70. The summed E-state index contributed by atoms with van der Waals surface area (Å²) in [6, 6.07) is 4.49.